The summed E-state index contributed by atoms with van der Waals surface area (Å²) in [6, 6.07) is 1.90. The summed E-state index contributed by atoms with van der Waals surface area (Å²) in [7, 11) is 0. The van der Waals surface area contributed by atoms with Gasteiger partial charge >= 0.3 is 5.97 Å². The average Bonchev–Trinajstić information content (AvgIpc) is 2.65. The van der Waals surface area contributed by atoms with Crippen molar-refractivity contribution in [3.63, 3.8) is 0 Å². The molecule has 3 nitrogen and oxygen atoms in total. The Kier molecular flexibility index (Phi) is 5.65. The van der Waals surface area contributed by atoms with Crippen molar-refractivity contribution in [2.24, 2.45) is 0 Å². The Morgan fingerprint density at radius 2 is 2.12 bits per heavy atom. The Bertz CT molecular complexity index is 369. The SMILES string of the molecule is CCc1sc(C(=O)OCCOC(C)C)cc1C. The second-order valence-electron chi connectivity index (χ2n) is 4.13. The van der Waals surface area contributed by atoms with Crippen LogP contribution in [-0.4, -0.2) is 25.3 Å². The van der Waals surface area contributed by atoms with Crippen LogP contribution in [-0.2, 0) is 15.9 Å². The fourth-order valence-corrected chi connectivity index (χ4v) is 2.47. The van der Waals surface area contributed by atoms with Gasteiger partial charge in [-0.1, -0.05) is 6.92 Å². The van der Waals surface area contributed by atoms with Crippen LogP contribution in [0.5, 0.6) is 0 Å². The van der Waals surface area contributed by atoms with Crippen LogP contribution in [0.25, 0.3) is 0 Å². The minimum atomic E-state index is -0.245. The van der Waals surface area contributed by atoms with Gasteiger partial charge < -0.3 is 9.47 Å². The van der Waals surface area contributed by atoms with Crippen molar-refractivity contribution in [3.8, 4) is 0 Å². The Hall–Kier alpha value is -0.870. The summed E-state index contributed by atoms with van der Waals surface area (Å²) >= 11 is 1.52. The van der Waals surface area contributed by atoms with Gasteiger partial charge in [-0.15, -0.1) is 11.3 Å². The molecule has 0 unspecified atom stereocenters. The van der Waals surface area contributed by atoms with E-state index >= 15 is 0 Å². The largest absolute Gasteiger partial charge is 0.459 e. The quantitative estimate of drug-likeness (QED) is 0.579. The summed E-state index contributed by atoms with van der Waals surface area (Å²) in [5.41, 5.74) is 1.17. The van der Waals surface area contributed by atoms with E-state index < -0.39 is 0 Å². The highest BCUT2D eigenvalue weighted by Crippen LogP contribution is 2.22. The first-order valence-electron chi connectivity index (χ1n) is 5.92. The van der Waals surface area contributed by atoms with Crippen LogP contribution in [0.4, 0.5) is 0 Å². The van der Waals surface area contributed by atoms with Crippen LogP contribution in [0.3, 0.4) is 0 Å². The lowest BCUT2D eigenvalue weighted by Crippen LogP contribution is -2.12. The van der Waals surface area contributed by atoms with E-state index in [0.717, 1.165) is 6.42 Å². The van der Waals surface area contributed by atoms with E-state index in [1.54, 1.807) is 0 Å². The van der Waals surface area contributed by atoms with Crippen molar-refractivity contribution in [3.05, 3.63) is 21.4 Å². The number of ether oxygens (including phenoxy) is 2. The molecule has 0 aromatic carbocycles. The summed E-state index contributed by atoms with van der Waals surface area (Å²) in [4.78, 5) is 13.6. The molecular weight excluding hydrogens is 236 g/mol. The average molecular weight is 256 g/mol. The van der Waals surface area contributed by atoms with Crippen LogP contribution in [0.2, 0.25) is 0 Å². The number of carbonyl (C=O) groups is 1. The van der Waals surface area contributed by atoms with Crippen LogP contribution in [0.1, 0.15) is 40.9 Å². The van der Waals surface area contributed by atoms with Crippen molar-refractivity contribution in [1.29, 1.82) is 0 Å². The smallest absolute Gasteiger partial charge is 0.348 e. The third-order valence-electron chi connectivity index (χ3n) is 2.31. The predicted molar refractivity (Wildman–Crippen MR) is 69.8 cm³/mol. The molecule has 0 aliphatic rings. The van der Waals surface area contributed by atoms with Crippen molar-refractivity contribution in [1.82, 2.24) is 0 Å². The van der Waals surface area contributed by atoms with Gasteiger partial charge in [0.05, 0.1) is 12.7 Å². The van der Waals surface area contributed by atoms with Gasteiger partial charge in [0.2, 0.25) is 0 Å². The lowest BCUT2D eigenvalue weighted by Gasteiger charge is -2.07. The van der Waals surface area contributed by atoms with Crippen molar-refractivity contribution in [2.45, 2.75) is 40.2 Å². The first kappa shape index (κ1) is 14.2. The van der Waals surface area contributed by atoms with E-state index in [4.69, 9.17) is 9.47 Å². The monoisotopic (exact) mass is 256 g/mol. The predicted octanol–water partition coefficient (Wildman–Crippen LogP) is 3.20. The highest BCUT2D eigenvalue weighted by atomic mass is 32.1. The molecule has 0 amide bonds. The van der Waals surface area contributed by atoms with Gasteiger partial charge in [0.1, 0.15) is 11.5 Å². The zero-order chi connectivity index (χ0) is 12.8. The number of esters is 1. The fraction of sp³-hybridized carbons (Fsp3) is 0.615. The molecule has 1 heterocycles. The molecule has 0 aliphatic carbocycles. The van der Waals surface area contributed by atoms with Crippen molar-refractivity contribution >= 4 is 17.3 Å². The van der Waals surface area contributed by atoms with Crippen LogP contribution in [0, 0.1) is 6.92 Å². The molecule has 0 N–H and O–H groups in total. The zero-order valence-electron chi connectivity index (χ0n) is 10.9. The molecule has 0 saturated heterocycles. The van der Waals surface area contributed by atoms with Gasteiger partial charge in [0.25, 0.3) is 0 Å². The summed E-state index contributed by atoms with van der Waals surface area (Å²) < 4.78 is 10.4. The zero-order valence-corrected chi connectivity index (χ0v) is 11.7. The van der Waals surface area contributed by atoms with Gasteiger partial charge in [-0.25, -0.2) is 4.79 Å². The molecule has 0 aliphatic heterocycles. The molecule has 1 aromatic rings. The van der Waals surface area contributed by atoms with Gasteiger partial charge in [-0.3, -0.25) is 0 Å². The molecule has 0 bridgehead atoms. The van der Waals surface area contributed by atoms with E-state index in [2.05, 4.69) is 6.92 Å². The van der Waals surface area contributed by atoms with E-state index in [-0.39, 0.29) is 12.1 Å². The normalized spacial score (nSPS) is 10.9. The number of aryl methyl sites for hydroxylation is 2. The summed E-state index contributed by atoms with van der Waals surface area (Å²) in [5.74, 6) is -0.245. The molecule has 0 radical (unpaired) electrons. The molecule has 0 atom stereocenters. The molecular formula is C13H20O3S. The molecule has 0 fully saturated rings. The van der Waals surface area contributed by atoms with Gasteiger partial charge in [-0.05, 0) is 38.8 Å². The number of hydrogen-bond acceptors (Lipinski definition) is 4. The maximum atomic E-state index is 11.7. The van der Waals surface area contributed by atoms with E-state index in [0.29, 0.717) is 18.1 Å². The Morgan fingerprint density at radius 1 is 1.41 bits per heavy atom. The highest BCUT2D eigenvalue weighted by molar-refractivity contribution is 7.14. The second-order valence-corrected chi connectivity index (χ2v) is 5.26. The summed E-state index contributed by atoms with van der Waals surface area (Å²) in [5, 5.41) is 0. The third-order valence-corrected chi connectivity index (χ3v) is 3.67. The Labute approximate surface area is 107 Å². The molecule has 4 heteroatoms. The minimum Gasteiger partial charge on any atom is -0.459 e. The Balaban J connectivity index is 2.41. The minimum absolute atomic E-state index is 0.171. The topological polar surface area (TPSA) is 35.5 Å². The fourth-order valence-electron chi connectivity index (χ4n) is 1.46. The van der Waals surface area contributed by atoms with Gasteiger partial charge in [0.15, 0.2) is 0 Å². The van der Waals surface area contributed by atoms with E-state index in [9.17, 15) is 4.79 Å². The van der Waals surface area contributed by atoms with Crippen molar-refractivity contribution < 1.29 is 14.3 Å². The first-order valence-corrected chi connectivity index (χ1v) is 6.74. The van der Waals surface area contributed by atoms with Gasteiger partial charge in [0, 0.05) is 4.88 Å². The van der Waals surface area contributed by atoms with Crippen LogP contribution >= 0.6 is 11.3 Å². The van der Waals surface area contributed by atoms with E-state index in [1.165, 1.54) is 21.8 Å². The molecule has 96 valence electrons. The van der Waals surface area contributed by atoms with Gasteiger partial charge in [-0.2, -0.15) is 0 Å². The first-order chi connectivity index (χ1) is 8.04. The molecule has 0 saturated carbocycles. The standard InChI is InChI=1S/C13H20O3S/c1-5-11-10(4)8-12(17-11)13(14)16-7-6-15-9(2)3/h8-9H,5-7H2,1-4H3. The summed E-state index contributed by atoms with van der Waals surface area (Å²) in [6.07, 6.45) is 1.13. The molecule has 1 rings (SSSR count). The summed E-state index contributed by atoms with van der Waals surface area (Å²) in [6.45, 7) is 8.79. The maximum absolute atomic E-state index is 11.7. The van der Waals surface area contributed by atoms with Crippen molar-refractivity contribution in [2.75, 3.05) is 13.2 Å². The molecule has 1 aromatic heterocycles. The number of rotatable bonds is 6. The second kappa shape index (κ2) is 6.77. The van der Waals surface area contributed by atoms with Crippen LogP contribution in [0.15, 0.2) is 6.07 Å². The molecule has 0 spiro atoms. The molecule has 17 heavy (non-hydrogen) atoms. The maximum Gasteiger partial charge on any atom is 0.348 e. The number of hydrogen-bond donors (Lipinski definition) is 0. The lowest BCUT2D eigenvalue weighted by atomic mass is 10.2. The number of thiophene rings is 1. The highest BCUT2D eigenvalue weighted by Gasteiger charge is 2.12. The van der Waals surface area contributed by atoms with Crippen LogP contribution < -0.4 is 0 Å². The van der Waals surface area contributed by atoms with E-state index in [1.807, 2.05) is 26.8 Å². The Morgan fingerprint density at radius 3 is 2.65 bits per heavy atom. The third kappa shape index (κ3) is 4.48. The number of carbonyl (C=O) groups excluding carboxylic acids is 1. The lowest BCUT2D eigenvalue weighted by molar-refractivity contribution is 0.0180.